The zero-order valence-electron chi connectivity index (χ0n) is 14.2. The van der Waals surface area contributed by atoms with Gasteiger partial charge >= 0.3 is 5.97 Å². The third kappa shape index (κ3) is 4.05. The van der Waals surface area contributed by atoms with Gasteiger partial charge in [-0.25, -0.2) is 4.68 Å². The number of fused-ring (bicyclic) bond motifs is 1. The Morgan fingerprint density at radius 3 is 2.77 bits per heavy atom. The van der Waals surface area contributed by atoms with Crippen molar-refractivity contribution in [1.82, 2.24) is 15.0 Å². The summed E-state index contributed by atoms with van der Waals surface area (Å²) in [5.41, 5.74) is 5.53. The fourth-order valence-corrected chi connectivity index (χ4v) is 2.97. The Balaban J connectivity index is 1.63. The number of carbonyl (C=O) groups is 2. The summed E-state index contributed by atoms with van der Waals surface area (Å²) < 4.78 is 11.6. The van der Waals surface area contributed by atoms with E-state index in [1.54, 1.807) is 24.3 Å². The molecule has 1 amide bonds. The van der Waals surface area contributed by atoms with Crippen LogP contribution in [0.1, 0.15) is 19.3 Å². The number of nitrogens with zero attached hydrogens (tertiary/aromatic N) is 3. The molecular weight excluding hydrogens is 340 g/mol. The molecule has 2 aromatic rings. The maximum absolute atomic E-state index is 12.3. The molecule has 2 heterocycles. The van der Waals surface area contributed by atoms with Gasteiger partial charge < -0.3 is 15.2 Å². The predicted molar refractivity (Wildman–Crippen MR) is 91.0 cm³/mol. The molecule has 1 saturated heterocycles. The maximum Gasteiger partial charge on any atom is 0.308 e. The highest BCUT2D eigenvalue weighted by atomic mass is 16.5. The van der Waals surface area contributed by atoms with Crippen LogP contribution in [0.15, 0.2) is 29.1 Å². The number of primary amides is 1. The summed E-state index contributed by atoms with van der Waals surface area (Å²) >= 11 is 0. The summed E-state index contributed by atoms with van der Waals surface area (Å²) in [5, 5.41) is 8.20. The van der Waals surface area contributed by atoms with Crippen molar-refractivity contribution in [2.45, 2.75) is 31.9 Å². The van der Waals surface area contributed by atoms with Gasteiger partial charge in [-0.15, -0.1) is 5.10 Å². The highest BCUT2D eigenvalue weighted by molar-refractivity contribution is 5.82. The summed E-state index contributed by atoms with van der Waals surface area (Å²) in [7, 11) is 0. The van der Waals surface area contributed by atoms with Gasteiger partial charge in [0.25, 0.3) is 11.5 Å². The second kappa shape index (κ2) is 8.05. The van der Waals surface area contributed by atoms with Gasteiger partial charge in [-0.05, 0) is 25.0 Å². The Kier molecular flexibility index (Phi) is 5.57. The lowest BCUT2D eigenvalue weighted by Gasteiger charge is -2.27. The highest BCUT2D eigenvalue weighted by Crippen LogP contribution is 2.21. The minimum atomic E-state index is -0.981. The Morgan fingerprint density at radius 1 is 1.31 bits per heavy atom. The molecule has 1 aromatic carbocycles. The average molecular weight is 360 g/mol. The van der Waals surface area contributed by atoms with Gasteiger partial charge in [-0.1, -0.05) is 17.3 Å². The number of esters is 1. The first-order valence-electron chi connectivity index (χ1n) is 8.45. The number of aromatic nitrogens is 3. The number of benzene rings is 1. The number of amides is 1. The van der Waals surface area contributed by atoms with Gasteiger partial charge in [-0.2, -0.15) is 0 Å². The highest BCUT2D eigenvalue weighted by Gasteiger charge is 2.31. The summed E-state index contributed by atoms with van der Waals surface area (Å²) in [6.07, 6.45) is 0.123. The lowest BCUT2D eigenvalue weighted by atomic mass is 9.93. The lowest BCUT2D eigenvalue weighted by Crippen LogP contribution is -2.41. The normalized spacial score (nSPS) is 16.3. The van der Waals surface area contributed by atoms with E-state index in [0.29, 0.717) is 37.0 Å². The number of hydrogen-bond acceptors (Lipinski definition) is 7. The molecule has 3 rings (SSSR count). The first kappa shape index (κ1) is 18.0. The number of carbonyl (C=O) groups excluding carboxylic acids is 2. The van der Waals surface area contributed by atoms with E-state index >= 15 is 0 Å². The lowest BCUT2D eigenvalue weighted by molar-refractivity contribution is -0.160. The molecule has 138 valence electrons. The molecule has 0 bridgehead atoms. The number of hydrogen-bond donors (Lipinski definition) is 1. The molecule has 2 N–H and O–H groups in total. The quantitative estimate of drug-likeness (QED) is 0.719. The fraction of sp³-hybridized carbons (Fsp3) is 0.471. The third-order valence-corrected chi connectivity index (χ3v) is 4.39. The van der Waals surface area contributed by atoms with E-state index in [2.05, 4.69) is 10.3 Å². The van der Waals surface area contributed by atoms with Crippen LogP contribution < -0.4 is 11.3 Å². The van der Waals surface area contributed by atoms with E-state index in [1.165, 1.54) is 0 Å². The molecule has 1 aliphatic rings. The molecular formula is C17H20N4O5. The summed E-state index contributed by atoms with van der Waals surface area (Å²) in [4.78, 5) is 36.1. The van der Waals surface area contributed by atoms with Gasteiger partial charge in [0.2, 0.25) is 0 Å². The van der Waals surface area contributed by atoms with Crippen LogP contribution in [0.25, 0.3) is 10.9 Å². The number of rotatable bonds is 6. The zero-order chi connectivity index (χ0) is 18.5. The molecule has 0 radical (unpaired) electrons. The molecule has 1 fully saturated rings. The van der Waals surface area contributed by atoms with Crippen molar-refractivity contribution in [2.24, 2.45) is 11.7 Å². The van der Waals surface area contributed by atoms with E-state index in [4.69, 9.17) is 15.2 Å². The van der Waals surface area contributed by atoms with Gasteiger partial charge in [0.1, 0.15) is 5.52 Å². The molecule has 0 aliphatic carbocycles. The molecule has 26 heavy (non-hydrogen) atoms. The summed E-state index contributed by atoms with van der Waals surface area (Å²) in [6, 6.07) is 6.83. The number of ether oxygens (including phenoxy) is 2. The van der Waals surface area contributed by atoms with Crippen molar-refractivity contribution in [1.29, 1.82) is 0 Å². The second-order valence-corrected chi connectivity index (χ2v) is 6.15. The van der Waals surface area contributed by atoms with Crippen molar-refractivity contribution in [2.75, 3.05) is 13.2 Å². The van der Waals surface area contributed by atoms with Gasteiger partial charge in [-0.3, -0.25) is 14.4 Å². The zero-order valence-corrected chi connectivity index (χ0v) is 14.2. The van der Waals surface area contributed by atoms with Crippen molar-refractivity contribution in [3.8, 4) is 0 Å². The van der Waals surface area contributed by atoms with E-state index in [0.717, 1.165) is 4.68 Å². The van der Waals surface area contributed by atoms with Gasteiger partial charge in [0.15, 0.2) is 6.10 Å². The Bertz CT molecular complexity index is 860. The van der Waals surface area contributed by atoms with Gasteiger partial charge in [0.05, 0.1) is 18.4 Å². The van der Waals surface area contributed by atoms with Crippen LogP contribution in [0.3, 0.4) is 0 Å². The molecule has 1 atom stereocenters. The molecule has 9 nitrogen and oxygen atoms in total. The Hall–Kier alpha value is -2.81. The molecule has 1 aliphatic heterocycles. The molecule has 0 saturated carbocycles. The Labute approximate surface area is 149 Å². The molecule has 1 unspecified atom stereocenters. The Morgan fingerprint density at radius 2 is 2.04 bits per heavy atom. The van der Waals surface area contributed by atoms with E-state index in [9.17, 15) is 14.4 Å². The minimum Gasteiger partial charge on any atom is -0.452 e. The van der Waals surface area contributed by atoms with Crippen LogP contribution in [-0.4, -0.2) is 46.2 Å². The average Bonchev–Trinajstić information content (AvgIpc) is 2.66. The van der Waals surface area contributed by atoms with E-state index in [-0.39, 0.29) is 24.4 Å². The maximum atomic E-state index is 12.3. The number of nitrogens with two attached hydrogens (primary N) is 1. The minimum absolute atomic E-state index is 0.00869. The van der Waals surface area contributed by atoms with Crippen molar-refractivity contribution in [3.63, 3.8) is 0 Å². The van der Waals surface area contributed by atoms with E-state index in [1.807, 2.05) is 0 Å². The summed E-state index contributed by atoms with van der Waals surface area (Å²) in [6.45, 7) is 1.02. The SMILES string of the molecule is NC(=O)C(OC(=O)CCn1nnc2ccccc2c1=O)C1CCOCC1. The smallest absolute Gasteiger partial charge is 0.308 e. The molecule has 0 spiro atoms. The standard InChI is InChI=1S/C17H20N4O5/c18-16(23)15(11-6-9-25-10-7-11)26-14(22)5-8-21-17(24)12-3-1-2-4-13(12)19-20-21/h1-4,11,15H,5-10H2,(H2,18,23). The van der Waals surface area contributed by atoms with Crippen LogP contribution in [0.4, 0.5) is 0 Å². The van der Waals surface area contributed by atoms with Crippen LogP contribution in [-0.2, 0) is 25.6 Å². The van der Waals surface area contributed by atoms with E-state index < -0.39 is 18.0 Å². The fourth-order valence-electron chi connectivity index (χ4n) is 2.97. The summed E-state index contributed by atoms with van der Waals surface area (Å²) in [5.74, 6) is -1.43. The second-order valence-electron chi connectivity index (χ2n) is 6.15. The van der Waals surface area contributed by atoms with Crippen molar-refractivity contribution in [3.05, 3.63) is 34.6 Å². The van der Waals surface area contributed by atoms with Crippen LogP contribution in [0.2, 0.25) is 0 Å². The monoisotopic (exact) mass is 360 g/mol. The van der Waals surface area contributed by atoms with Crippen LogP contribution >= 0.6 is 0 Å². The molecule has 1 aromatic heterocycles. The van der Waals surface area contributed by atoms with Crippen molar-refractivity contribution >= 4 is 22.8 Å². The predicted octanol–water partition coefficient (Wildman–Crippen LogP) is 0.00530. The first-order chi connectivity index (χ1) is 12.6. The van der Waals surface area contributed by atoms with Crippen molar-refractivity contribution < 1.29 is 19.1 Å². The topological polar surface area (TPSA) is 126 Å². The number of aryl methyl sites for hydroxylation is 1. The molecule has 9 heteroatoms. The van der Waals surface area contributed by atoms with Crippen LogP contribution in [0.5, 0.6) is 0 Å². The van der Waals surface area contributed by atoms with Gasteiger partial charge in [0, 0.05) is 19.1 Å². The third-order valence-electron chi connectivity index (χ3n) is 4.39. The van der Waals surface area contributed by atoms with Crippen LogP contribution in [0, 0.1) is 5.92 Å². The largest absolute Gasteiger partial charge is 0.452 e. The first-order valence-corrected chi connectivity index (χ1v) is 8.45.